The van der Waals surface area contributed by atoms with Crippen molar-refractivity contribution in [2.24, 2.45) is 0 Å². The first-order valence-electron chi connectivity index (χ1n) is 7.11. The van der Waals surface area contributed by atoms with Crippen LogP contribution in [0.1, 0.15) is 38.3 Å². The van der Waals surface area contributed by atoms with E-state index in [0.717, 1.165) is 29.8 Å². The summed E-state index contributed by atoms with van der Waals surface area (Å²) in [4.78, 5) is 19.5. The number of H-pyrrole nitrogens is 1. The Balaban J connectivity index is 2.02. The van der Waals surface area contributed by atoms with Crippen LogP contribution in [0.2, 0.25) is 0 Å². The fraction of sp³-hybridized carbons (Fsp3) is 0.375. The Bertz CT molecular complexity index is 720. The third kappa shape index (κ3) is 3.18. The molecule has 1 aromatic carbocycles. The zero-order chi connectivity index (χ0) is 15.0. The second kappa shape index (κ2) is 5.64. The van der Waals surface area contributed by atoms with Gasteiger partial charge in [0.1, 0.15) is 16.0 Å². The number of rotatable bonds is 4. The summed E-state index contributed by atoms with van der Waals surface area (Å²) < 4.78 is 6.25. The van der Waals surface area contributed by atoms with Crippen LogP contribution >= 0.6 is 15.9 Å². The largest absolute Gasteiger partial charge is 0.491 e. The highest BCUT2D eigenvalue weighted by Crippen LogP contribution is 2.41. The summed E-state index contributed by atoms with van der Waals surface area (Å²) in [7, 11) is 0. The van der Waals surface area contributed by atoms with Crippen molar-refractivity contribution < 1.29 is 4.74 Å². The van der Waals surface area contributed by atoms with Crippen LogP contribution in [-0.2, 0) is 0 Å². The van der Waals surface area contributed by atoms with Crippen LogP contribution in [0.4, 0.5) is 0 Å². The van der Waals surface area contributed by atoms with E-state index in [9.17, 15) is 4.79 Å². The first-order chi connectivity index (χ1) is 10.0. The van der Waals surface area contributed by atoms with Crippen molar-refractivity contribution in [3.63, 3.8) is 0 Å². The number of nitrogens with zero attached hydrogens (tertiary/aromatic N) is 1. The number of benzene rings is 1. The van der Waals surface area contributed by atoms with Gasteiger partial charge in [0.25, 0.3) is 5.56 Å². The van der Waals surface area contributed by atoms with E-state index in [2.05, 4.69) is 25.9 Å². The van der Waals surface area contributed by atoms with Gasteiger partial charge in [-0.1, -0.05) is 12.1 Å². The van der Waals surface area contributed by atoms with Gasteiger partial charge in [-0.15, -0.1) is 0 Å². The molecule has 1 heterocycles. The van der Waals surface area contributed by atoms with E-state index < -0.39 is 0 Å². The van der Waals surface area contributed by atoms with Crippen molar-refractivity contribution in [2.45, 2.75) is 38.7 Å². The summed E-state index contributed by atoms with van der Waals surface area (Å²) in [6.07, 6.45) is 2.31. The molecular formula is C16H17BrN2O2. The Hall–Kier alpha value is -1.62. The Labute approximate surface area is 131 Å². The summed E-state index contributed by atoms with van der Waals surface area (Å²) in [5.41, 5.74) is 1.60. The average Bonchev–Trinajstić information content (AvgIpc) is 3.25. The van der Waals surface area contributed by atoms with Crippen molar-refractivity contribution in [2.75, 3.05) is 0 Å². The first kappa shape index (κ1) is 14.3. The molecular weight excluding hydrogens is 332 g/mol. The van der Waals surface area contributed by atoms with E-state index in [1.165, 1.54) is 0 Å². The molecule has 0 bridgehead atoms. The normalized spacial score (nSPS) is 14.5. The minimum atomic E-state index is -0.128. The lowest BCUT2D eigenvalue weighted by Gasteiger charge is -2.11. The summed E-state index contributed by atoms with van der Waals surface area (Å²) in [5, 5.41) is 0. The van der Waals surface area contributed by atoms with Crippen molar-refractivity contribution in [1.29, 1.82) is 0 Å². The van der Waals surface area contributed by atoms with Crippen LogP contribution in [-0.4, -0.2) is 16.1 Å². The summed E-state index contributed by atoms with van der Waals surface area (Å²) in [6.45, 7) is 3.97. The highest BCUT2D eigenvalue weighted by molar-refractivity contribution is 9.10. The van der Waals surface area contributed by atoms with E-state index in [1.807, 2.05) is 38.1 Å². The van der Waals surface area contributed by atoms with Gasteiger partial charge in [0.2, 0.25) is 0 Å². The maximum absolute atomic E-state index is 12.1. The maximum atomic E-state index is 12.1. The second-order valence-corrected chi connectivity index (χ2v) is 6.38. The molecule has 0 aliphatic heterocycles. The quantitative estimate of drug-likeness (QED) is 0.912. The standard InChI is InChI=1S/C16H17BrN2O2/c1-9(2)21-12-5-3-4-11(8-12)15-18-14(10-6-7-10)13(17)16(20)19-15/h3-5,8-10H,6-7H2,1-2H3,(H,18,19,20). The number of hydrogen-bond acceptors (Lipinski definition) is 3. The molecule has 1 fully saturated rings. The lowest BCUT2D eigenvalue weighted by molar-refractivity contribution is 0.242. The van der Waals surface area contributed by atoms with Crippen molar-refractivity contribution >= 4 is 15.9 Å². The molecule has 0 atom stereocenters. The summed E-state index contributed by atoms with van der Waals surface area (Å²) in [6, 6.07) is 7.65. The molecule has 2 aromatic rings. The zero-order valence-electron chi connectivity index (χ0n) is 12.0. The van der Waals surface area contributed by atoms with Gasteiger partial charge in [0.05, 0.1) is 11.8 Å². The van der Waals surface area contributed by atoms with Gasteiger partial charge in [0.15, 0.2) is 0 Å². The fourth-order valence-corrected chi connectivity index (χ4v) is 2.74. The molecule has 0 amide bonds. The molecule has 0 spiro atoms. The van der Waals surface area contributed by atoms with Crippen LogP contribution in [0.25, 0.3) is 11.4 Å². The minimum Gasteiger partial charge on any atom is -0.491 e. The van der Waals surface area contributed by atoms with Gasteiger partial charge >= 0.3 is 0 Å². The Morgan fingerprint density at radius 1 is 1.38 bits per heavy atom. The molecule has 5 heteroatoms. The van der Waals surface area contributed by atoms with E-state index in [4.69, 9.17) is 4.74 Å². The predicted octanol–water partition coefficient (Wildman–Crippen LogP) is 3.86. The molecule has 0 unspecified atom stereocenters. The van der Waals surface area contributed by atoms with Gasteiger partial charge in [-0.3, -0.25) is 4.79 Å². The number of aromatic amines is 1. The van der Waals surface area contributed by atoms with Gasteiger partial charge in [0, 0.05) is 11.5 Å². The topological polar surface area (TPSA) is 55.0 Å². The Morgan fingerprint density at radius 2 is 2.14 bits per heavy atom. The number of hydrogen-bond donors (Lipinski definition) is 1. The van der Waals surface area contributed by atoms with Crippen molar-refractivity contribution in [3.8, 4) is 17.1 Å². The minimum absolute atomic E-state index is 0.110. The lowest BCUT2D eigenvalue weighted by Crippen LogP contribution is -2.13. The molecule has 1 N–H and O–H groups in total. The van der Waals surface area contributed by atoms with Crippen LogP contribution < -0.4 is 10.3 Å². The zero-order valence-corrected chi connectivity index (χ0v) is 13.6. The lowest BCUT2D eigenvalue weighted by atomic mass is 10.2. The third-order valence-electron chi connectivity index (χ3n) is 3.33. The second-order valence-electron chi connectivity index (χ2n) is 5.58. The summed E-state index contributed by atoms with van der Waals surface area (Å²) >= 11 is 3.34. The predicted molar refractivity (Wildman–Crippen MR) is 85.7 cm³/mol. The molecule has 1 aromatic heterocycles. The molecule has 110 valence electrons. The van der Waals surface area contributed by atoms with E-state index in [-0.39, 0.29) is 11.7 Å². The van der Waals surface area contributed by atoms with E-state index in [0.29, 0.717) is 16.2 Å². The number of aromatic nitrogens is 2. The van der Waals surface area contributed by atoms with Gasteiger partial charge in [-0.05, 0) is 54.8 Å². The molecule has 0 radical (unpaired) electrons. The van der Waals surface area contributed by atoms with Crippen LogP contribution in [0.3, 0.4) is 0 Å². The smallest absolute Gasteiger partial charge is 0.265 e. The first-order valence-corrected chi connectivity index (χ1v) is 7.90. The monoisotopic (exact) mass is 348 g/mol. The number of ether oxygens (including phenoxy) is 1. The average molecular weight is 349 g/mol. The summed E-state index contributed by atoms with van der Waals surface area (Å²) in [5.74, 6) is 1.79. The fourth-order valence-electron chi connectivity index (χ4n) is 2.23. The van der Waals surface area contributed by atoms with Gasteiger partial charge in [-0.2, -0.15) is 0 Å². The number of nitrogens with one attached hydrogen (secondary N) is 1. The van der Waals surface area contributed by atoms with Crippen LogP contribution in [0.15, 0.2) is 33.5 Å². The van der Waals surface area contributed by atoms with Crippen LogP contribution in [0.5, 0.6) is 5.75 Å². The van der Waals surface area contributed by atoms with E-state index >= 15 is 0 Å². The number of halogens is 1. The maximum Gasteiger partial charge on any atom is 0.265 e. The Kier molecular flexibility index (Phi) is 3.85. The van der Waals surface area contributed by atoms with Gasteiger partial charge in [-0.25, -0.2) is 4.98 Å². The molecule has 1 aliphatic carbocycles. The SMILES string of the molecule is CC(C)Oc1cccc(-c2nc(C3CC3)c(Br)c(=O)[nH]2)c1. The molecule has 4 nitrogen and oxygen atoms in total. The van der Waals surface area contributed by atoms with Crippen LogP contribution in [0, 0.1) is 0 Å². The molecule has 3 rings (SSSR count). The highest BCUT2D eigenvalue weighted by Gasteiger charge is 2.29. The molecule has 1 saturated carbocycles. The van der Waals surface area contributed by atoms with E-state index in [1.54, 1.807) is 0 Å². The third-order valence-corrected chi connectivity index (χ3v) is 4.10. The Morgan fingerprint density at radius 3 is 2.81 bits per heavy atom. The highest BCUT2D eigenvalue weighted by atomic mass is 79.9. The van der Waals surface area contributed by atoms with Crippen molar-refractivity contribution in [3.05, 3.63) is 44.8 Å². The van der Waals surface area contributed by atoms with Gasteiger partial charge < -0.3 is 9.72 Å². The molecule has 1 aliphatic rings. The molecule has 21 heavy (non-hydrogen) atoms. The molecule has 0 saturated heterocycles. The van der Waals surface area contributed by atoms with Crippen molar-refractivity contribution in [1.82, 2.24) is 9.97 Å².